The third kappa shape index (κ3) is 1.88. The van der Waals surface area contributed by atoms with E-state index in [0.717, 1.165) is 11.6 Å². The Morgan fingerprint density at radius 2 is 2.00 bits per heavy atom. The highest BCUT2D eigenvalue weighted by Gasteiger charge is 2.06. The molecule has 2 aromatic rings. The first-order chi connectivity index (χ1) is 6.54. The quantitative estimate of drug-likeness (QED) is 0.824. The smallest absolute Gasteiger partial charge is 0.232 e. The average Bonchev–Trinajstić information content (AvgIpc) is 2.42. The van der Waals surface area contributed by atoms with Gasteiger partial charge in [0.05, 0.1) is 6.26 Å². The van der Waals surface area contributed by atoms with Crippen molar-refractivity contribution in [3.63, 3.8) is 0 Å². The van der Waals surface area contributed by atoms with Gasteiger partial charge < -0.3 is 4.42 Å². The molecule has 1 N–H and O–H groups in total. The molecular weight excluding hydrogens is 202 g/mol. The number of furan rings is 1. The Bertz CT molecular complexity index is 523. The second-order valence-electron chi connectivity index (χ2n) is 3.02. The van der Waals surface area contributed by atoms with Gasteiger partial charge in [0.15, 0.2) is 0 Å². The van der Waals surface area contributed by atoms with Gasteiger partial charge >= 0.3 is 0 Å². The Labute approximate surface area is 81.6 Å². The van der Waals surface area contributed by atoms with Gasteiger partial charge in [-0.25, -0.2) is 8.42 Å². The average molecular weight is 211 g/mol. The SMILES string of the molecule is CS(=O)(=O)Nc1cc2ccccc2o1. The Kier molecular flexibility index (Phi) is 1.96. The molecule has 0 unspecified atom stereocenters. The normalized spacial score (nSPS) is 11.8. The van der Waals surface area contributed by atoms with E-state index < -0.39 is 10.0 Å². The van der Waals surface area contributed by atoms with E-state index >= 15 is 0 Å². The molecule has 0 amide bonds. The topological polar surface area (TPSA) is 59.3 Å². The third-order valence-electron chi connectivity index (χ3n) is 1.71. The van der Waals surface area contributed by atoms with E-state index in [1.165, 1.54) is 0 Å². The minimum absolute atomic E-state index is 0.244. The fourth-order valence-electron chi connectivity index (χ4n) is 1.21. The van der Waals surface area contributed by atoms with Crippen molar-refractivity contribution in [2.24, 2.45) is 0 Å². The summed E-state index contributed by atoms with van der Waals surface area (Å²) in [6.45, 7) is 0. The number of nitrogens with one attached hydrogen (secondary N) is 1. The molecule has 0 aliphatic carbocycles. The van der Waals surface area contributed by atoms with Crippen molar-refractivity contribution >= 4 is 26.9 Å². The largest absolute Gasteiger partial charge is 0.440 e. The van der Waals surface area contributed by atoms with Gasteiger partial charge in [0.2, 0.25) is 15.9 Å². The molecule has 1 aromatic heterocycles. The van der Waals surface area contributed by atoms with Crippen molar-refractivity contribution in [3.8, 4) is 0 Å². The Balaban J connectivity index is 2.46. The molecule has 2 rings (SSSR count). The lowest BCUT2D eigenvalue weighted by atomic mass is 10.3. The molecule has 0 spiro atoms. The van der Waals surface area contributed by atoms with Crippen molar-refractivity contribution in [3.05, 3.63) is 30.3 Å². The second-order valence-corrected chi connectivity index (χ2v) is 4.77. The van der Waals surface area contributed by atoms with E-state index in [2.05, 4.69) is 4.72 Å². The van der Waals surface area contributed by atoms with E-state index in [1.807, 2.05) is 18.2 Å². The molecule has 0 saturated carbocycles. The number of hydrogen-bond donors (Lipinski definition) is 1. The van der Waals surface area contributed by atoms with Gasteiger partial charge in [0, 0.05) is 11.5 Å². The van der Waals surface area contributed by atoms with E-state index in [0.29, 0.717) is 5.58 Å². The molecule has 0 fully saturated rings. The first-order valence-corrected chi connectivity index (χ1v) is 5.90. The van der Waals surface area contributed by atoms with Crippen LogP contribution in [0.1, 0.15) is 0 Å². The monoisotopic (exact) mass is 211 g/mol. The van der Waals surface area contributed by atoms with Crippen LogP contribution in [0.3, 0.4) is 0 Å². The van der Waals surface area contributed by atoms with Gasteiger partial charge in [0.1, 0.15) is 5.58 Å². The highest BCUT2D eigenvalue weighted by molar-refractivity contribution is 7.92. The maximum atomic E-state index is 10.9. The number of benzene rings is 1. The standard InChI is InChI=1S/C9H9NO3S/c1-14(11,12)10-9-6-7-4-2-3-5-8(7)13-9/h2-6,10H,1H3. The lowest BCUT2D eigenvalue weighted by Gasteiger charge is -1.96. The molecule has 74 valence electrons. The summed E-state index contributed by atoms with van der Waals surface area (Å²) in [5, 5.41) is 0.874. The Hall–Kier alpha value is -1.49. The lowest BCUT2D eigenvalue weighted by Crippen LogP contribution is -2.08. The van der Waals surface area contributed by atoms with Gasteiger partial charge in [-0.1, -0.05) is 18.2 Å². The van der Waals surface area contributed by atoms with Crippen LogP contribution in [-0.2, 0) is 10.0 Å². The number of sulfonamides is 1. The van der Waals surface area contributed by atoms with E-state index in [4.69, 9.17) is 4.42 Å². The highest BCUT2D eigenvalue weighted by Crippen LogP contribution is 2.22. The fraction of sp³-hybridized carbons (Fsp3) is 0.111. The maximum absolute atomic E-state index is 10.9. The van der Waals surface area contributed by atoms with Crippen LogP contribution in [0, 0.1) is 0 Å². The Morgan fingerprint density at radius 3 is 2.64 bits per heavy atom. The zero-order valence-corrected chi connectivity index (χ0v) is 8.34. The van der Waals surface area contributed by atoms with Gasteiger partial charge in [-0.05, 0) is 6.07 Å². The first-order valence-electron chi connectivity index (χ1n) is 4.01. The molecule has 0 radical (unpaired) electrons. The molecule has 1 aromatic carbocycles. The van der Waals surface area contributed by atoms with Gasteiger partial charge in [-0.15, -0.1) is 0 Å². The number of anilines is 1. The molecule has 0 atom stereocenters. The zero-order chi connectivity index (χ0) is 10.2. The third-order valence-corrected chi connectivity index (χ3v) is 2.28. The van der Waals surface area contributed by atoms with Crippen LogP contribution in [0.25, 0.3) is 11.0 Å². The van der Waals surface area contributed by atoms with Crippen molar-refractivity contribution in [1.29, 1.82) is 0 Å². The zero-order valence-electron chi connectivity index (χ0n) is 7.52. The predicted octanol–water partition coefficient (Wildman–Crippen LogP) is 1.80. The van der Waals surface area contributed by atoms with Crippen molar-refractivity contribution in [2.45, 2.75) is 0 Å². The van der Waals surface area contributed by atoms with Crippen LogP contribution in [0.5, 0.6) is 0 Å². The molecule has 4 nitrogen and oxygen atoms in total. The number of para-hydroxylation sites is 1. The minimum atomic E-state index is -3.27. The summed E-state index contributed by atoms with van der Waals surface area (Å²) in [6, 6.07) is 8.98. The van der Waals surface area contributed by atoms with Crippen molar-refractivity contribution in [1.82, 2.24) is 0 Å². The summed E-state index contributed by atoms with van der Waals surface area (Å²) in [4.78, 5) is 0. The molecule has 1 heterocycles. The number of hydrogen-bond acceptors (Lipinski definition) is 3. The summed E-state index contributed by atoms with van der Waals surface area (Å²) < 4.78 is 29.3. The molecule has 0 aliphatic rings. The molecule has 0 bridgehead atoms. The highest BCUT2D eigenvalue weighted by atomic mass is 32.2. The maximum Gasteiger partial charge on any atom is 0.232 e. The molecule has 0 saturated heterocycles. The first kappa shape index (κ1) is 9.08. The van der Waals surface area contributed by atoms with Crippen LogP contribution in [0.4, 0.5) is 5.88 Å². The van der Waals surface area contributed by atoms with Crippen LogP contribution in [-0.4, -0.2) is 14.7 Å². The molecular formula is C9H9NO3S. The summed E-state index contributed by atoms with van der Waals surface area (Å²) in [6.07, 6.45) is 1.08. The van der Waals surface area contributed by atoms with E-state index in [9.17, 15) is 8.42 Å². The minimum Gasteiger partial charge on any atom is -0.440 e. The van der Waals surface area contributed by atoms with Crippen molar-refractivity contribution < 1.29 is 12.8 Å². The summed E-state index contributed by atoms with van der Waals surface area (Å²) in [5.41, 5.74) is 0.665. The van der Waals surface area contributed by atoms with Crippen LogP contribution in [0.15, 0.2) is 34.7 Å². The summed E-state index contributed by atoms with van der Waals surface area (Å²) in [5.74, 6) is 0.244. The van der Waals surface area contributed by atoms with Crippen LogP contribution >= 0.6 is 0 Å². The van der Waals surface area contributed by atoms with Gasteiger partial charge in [-0.3, -0.25) is 4.72 Å². The van der Waals surface area contributed by atoms with E-state index in [-0.39, 0.29) is 5.88 Å². The number of fused-ring (bicyclic) bond motifs is 1. The molecule has 0 aliphatic heterocycles. The molecule has 5 heteroatoms. The second kappa shape index (κ2) is 3.02. The number of rotatable bonds is 2. The fourth-order valence-corrected chi connectivity index (χ4v) is 1.68. The van der Waals surface area contributed by atoms with Gasteiger partial charge in [0.25, 0.3) is 0 Å². The van der Waals surface area contributed by atoms with Crippen molar-refractivity contribution in [2.75, 3.05) is 11.0 Å². The lowest BCUT2D eigenvalue weighted by molar-refractivity contribution is 0.599. The Morgan fingerprint density at radius 1 is 1.29 bits per heavy atom. The molecule has 14 heavy (non-hydrogen) atoms. The van der Waals surface area contributed by atoms with Crippen LogP contribution in [0.2, 0.25) is 0 Å². The summed E-state index contributed by atoms with van der Waals surface area (Å²) >= 11 is 0. The van der Waals surface area contributed by atoms with E-state index in [1.54, 1.807) is 12.1 Å². The summed E-state index contributed by atoms with van der Waals surface area (Å²) in [7, 11) is -3.27. The van der Waals surface area contributed by atoms with Gasteiger partial charge in [-0.2, -0.15) is 0 Å². The predicted molar refractivity (Wildman–Crippen MR) is 54.7 cm³/mol. The van der Waals surface area contributed by atoms with Crippen LogP contribution < -0.4 is 4.72 Å².